The molecule has 0 saturated carbocycles. The lowest BCUT2D eigenvalue weighted by atomic mass is 10.1. The minimum Gasteiger partial charge on any atom is -0.337 e. The van der Waals surface area contributed by atoms with Gasteiger partial charge in [-0.05, 0) is 97.0 Å². The molecule has 4 rings (SSSR count). The molecule has 0 amide bonds. The Morgan fingerprint density at radius 2 is 1.96 bits per heavy atom. The largest absolute Gasteiger partial charge is 0.337 e. The quantitative estimate of drug-likeness (QED) is 0.292. The van der Waals surface area contributed by atoms with Crippen molar-refractivity contribution in [2.24, 2.45) is 0 Å². The molecular formula is C23H19IN4. The molecule has 0 aliphatic rings. The second kappa shape index (κ2) is 7.28. The summed E-state index contributed by atoms with van der Waals surface area (Å²) in [6, 6.07) is 18.9. The minimum atomic E-state index is 0.525. The van der Waals surface area contributed by atoms with E-state index in [4.69, 9.17) is 0 Å². The molecule has 138 valence electrons. The number of fused-ring (bicyclic) bond motifs is 1. The first-order valence-electron chi connectivity index (χ1n) is 8.99. The third kappa shape index (κ3) is 3.36. The van der Waals surface area contributed by atoms with Crippen LogP contribution in [0.4, 0.5) is 0 Å². The number of aryl methyl sites for hydroxylation is 2. The van der Waals surface area contributed by atoms with Gasteiger partial charge >= 0.3 is 0 Å². The number of nitrogens with one attached hydrogen (secondary N) is 1. The highest BCUT2D eigenvalue weighted by molar-refractivity contribution is 14.1. The molecule has 0 aliphatic carbocycles. The van der Waals surface area contributed by atoms with Gasteiger partial charge in [0.15, 0.2) is 0 Å². The molecule has 28 heavy (non-hydrogen) atoms. The lowest BCUT2D eigenvalue weighted by Crippen LogP contribution is -1.99. The molecule has 4 nitrogen and oxygen atoms in total. The van der Waals surface area contributed by atoms with Crippen LogP contribution in [0.2, 0.25) is 0 Å². The van der Waals surface area contributed by atoms with Crippen LogP contribution < -0.4 is 0 Å². The first-order chi connectivity index (χ1) is 13.5. The highest BCUT2D eigenvalue weighted by Gasteiger charge is 2.13. The van der Waals surface area contributed by atoms with Crippen LogP contribution >= 0.6 is 22.6 Å². The molecule has 0 spiro atoms. The highest BCUT2D eigenvalue weighted by Crippen LogP contribution is 2.26. The average Bonchev–Trinajstić information content (AvgIpc) is 3.19. The fraction of sp³-hybridized carbons (Fsp3) is 0.130. The van der Waals surface area contributed by atoms with E-state index >= 15 is 0 Å². The standard InChI is InChI=1S/C23H19IN4/c1-14-7-8-21-22(9-14)27-23(26-21)18(13-25)11-17-10-15(2)28(16(17)3)20-6-4-5-19(24)12-20/h4-12H,1-3H3,(H,26,27). The van der Waals surface area contributed by atoms with Crippen molar-refractivity contribution in [3.05, 3.63) is 80.4 Å². The van der Waals surface area contributed by atoms with Crippen LogP contribution in [-0.4, -0.2) is 14.5 Å². The number of benzene rings is 2. The molecule has 1 N–H and O–H groups in total. The molecule has 0 bridgehead atoms. The second-order valence-corrected chi connectivity index (χ2v) is 8.16. The smallest absolute Gasteiger partial charge is 0.149 e. The zero-order chi connectivity index (χ0) is 19.8. The van der Waals surface area contributed by atoms with E-state index in [-0.39, 0.29) is 0 Å². The number of aromatic nitrogens is 3. The molecule has 0 fully saturated rings. The van der Waals surface area contributed by atoms with Crippen molar-refractivity contribution in [3.63, 3.8) is 0 Å². The highest BCUT2D eigenvalue weighted by atomic mass is 127. The molecule has 0 aliphatic heterocycles. The molecule has 5 heteroatoms. The van der Waals surface area contributed by atoms with Crippen molar-refractivity contribution in [2.45, 2.75) is 20.8 Å². The molecule has 2 heterocycles. The number of hydrogen-bond donors (Lipinski definition) is 1. The van der Waals surface area contributed by atoms with Crippen molar-refractivity contribution < 1.29 is 0 Å². The van der Waals surface area contributed by atoms with Crippen LogP contribution in [0.15, 0.2) is 48.5 Å². The third-order valence-corrected chi connectivity index (χ3v) is 5.52. The Kier molecular flexibility index (Phi) is 4.82. The van der Waals surface area contributed by atoms with E-state index in [1.807, 2.05) is 31.2 Å². The molecule has 0 atom stereocenters. The molecule has 2 aromatic heterocycles. The van der Waals surface area contributed by atoms with Crippen molar-refractivity contribution in [1.82, 2.24) is 14.5 Å². The zero-order valence-corrected chi connectivity index (χ0v) is 18.1. The van der Waals surface area contributed by atoms with Gasteiger partial charge in [0, 0.05) is 20.6 Å². The predicted octanol–water partition coefficient (Wildman–Crippen LogP) is 5.95. The molecular weight excluding hydrogens is 459 g/mol. The SMILES string of the molecule is Cc1ccc2nc(C(C#N)=Cc3cc(C)n(-c4cccc(I)c4)c3C)[nH]c2c1. The Morgan fingerprint density at radius 3 is 2.71 bits per heavy atom. The predicted molar refractivity (Wildman–Crippen MR) is 122 cm³/mol. The fourth-order valence-corrected chi connectivity index (χ4v) is 4.03. The normalized spacial score (nSPS) is 11.8. The number of rotatable bonds is 3. The number of aromatic amines is 1. The maximum atomic E-state index is 9.75. The van der Waals surface area contributed by atoms with E-state index in [1.54, 1.807) is 0 Å². The van der Waals surface area contributed by atoms with E-state index in [1.165, 1.54) is 3.57 Å². The average molecular weight is 478 g/mol. The molecule has 4 aromatic rings. The first kappa shape index (κ1) is 18.5. The summed E-state index contributed by atoms with van der Waals surface area (Å²) in [5, 5.41) is 9.75. The summed E-state index contributed by atoms with van der Waals surface area (Å²) in [6.07, 6.45) is 1.91. The monoisotopic (exact) mass is 478 g/mol. The van der Waals surface area contributed by atoms with Crippen molar-refractivity contribution in [1.29, 1.82) is 5.26 Å². The van der Waals surface area contributed by atoms with Gasteiger partial charge in [0.1, 0.15) is 11.9 Å². The summed E-state index contributed by atoms with van der Waals surface area (Å²) in [7, 11) is 0. The van der Waals surface area contributed by atoms with Crippen molar-refractivity contribution >= 4 is 45.3 Å². The van der Waals surface area contributed by atoms with Gasteiger partial charge in [-0.15, -0.1) is 0 Å². The Labute approximate surface area is 177 Å². The fourth-order valence-electron chi connectivity index (χ4n) is 3.51. The molecule has 0 unspecified atom stereocenters. The first-order valence-corrected chi connectivity index (χ1v) is 10.1. The van der Waals surface area contributed by atoms with E-state index in [0.29, 0.717) is 11.4 Å². The van der Waals surface area contributed by atoms with Gasteiger partial charge in [0.05, 0.1) is 16.6 Å². The van der Waals surface area contributed by atoms with E-state index in [2.05, 4.69) is 87.4 Å². The minimum absolute atomic E-state index is 0.525. The number of allylic oxidation sites excluding steroid dienone is 1. The zero-order valence-electron chi connectivity index (χ0n) is 15.9. The number of H-pyrrole nitrogens is 1. The van der Waals surface area contributed by atoms with Gasteiger partial charge in [-0.25, -0.2) is 4.98 Å². The Bertz CT molecular complexity index is 1270. The molecule has 2 aromatic carbocycles. The lowest BCUT2D eigenvalue weighted by Gasteiger charge is -2.10. The summed E-state index contributed by atoms with van der Waals surface area (Å²) in [5.74, 6) is 0.599. The number of hydrogen-bond acceptors (Lipinski definition) is 2. The number of nitrogens with zero attached hydrogens (tertiary/aromatic N) is 3. The van der Waals surface area contributed by atoms with E-state index in [0.717, 1.165) is 39.2 Å². The third-order valence-electron chi connectivity index (χ3n) is 4.85. The second-order valence-electron chi connectivity index (χ2n) is 6.92. The van der Waals surface area contributed by atoms with Crippen LogP contribution in [-0.2, 0) is 0 Å². The van der Waals surface area contributed by atoms with E-state index < -0.39 is 0 Å². The summed E-state index contributed by atoms with van der Waals surface area (Å²) in [4.78, 5) is 7.87. The number of nitriles is 1. The maximum Gasteiger partial charge on any atom is 0.149 e. The number of halogens is 1. The van der Waals surface area contributed by atoms with E-state index in [9.17, 15) is 5.26 Å². The Balaban J connectivity index is 1.80. The van der Waals surface area contributed by atoms with Crippen molar-refractivity contribution in [2.75, 3.05) is 0 Å². The summed E-state index contributed by atoms with van der Waals surface area (Å²) in [6.45, 7) is 6.20. The van der Waals surface area contributed by atoms with Crippen LogP contribution in [0.5, 0.6) is 0 Å². The van der Waals surface area contributed by atoms with Gasteiger partial charge in [-0.2, -0.15) is 5.26 Å². The van der Waals surface area contributed by atoms with Gasteiger partial charge in [-0.3, -0.25) is 0 Å². The summed E-state index contributed by atoms with van der Waals surface area (Å²) in [5.41, 5.74) is 7.86. The molecule has 0 radical (unpaired) electrons. The lowest BCUT2D eigenvalue weighted by molar-refractivity contribution is 0.963. The summed E-state index contributed by atoms with van der Waals surface area (Å²) >= 11 is 2.32. The topological polar surface area (TPSA) is 57.4 Å². The van der Waals surface area contributed by atoms with Crippen LogP contribution in [0, 0.1) is 35.7 Å². The van der Waals surface area contributed by atoms with Crippen LogP contribution in [0.1, 0.15) is 28.3 Å². The summed E-state index contributed by atoms with van der Waals surface area (Å²) < 4.78 is 3.40. The van der Waals surface area contributed by atoms with Gasteiger partial charge in [0.25, 0.3) is 0 Å². The Morgan fingerprint density at radius 1 is 1.14 bits per heavy atom. The molecule has 0 saturated heterocycles. The van der Waals surface area contributed by atoms with Crippen molar-refractivity contribution in [3.8, 4) is 11.8 Å². The van der Waals surface area contributed by atoms with Crippen LogP contribution in [0.3, 0.4) is 0 Å². The van der Waals surface area contributed by atoms with Crippen LogP contribution in [0.25, 0.3) is 28.4 Å². The van der Waals surface area contributed by atoms with Gasteiger partial charge in [-0.1, -0.05) is 12.1 Å². The van der Waals surface area contributed by atoms with Gasteiger partial charge in [0.2, 0.25) is 0 Å². The number of imidazole rings is 1. The van der Waals surface area contributed by atoms with Gasteiger partial charge < -0.3 is 9.55 Å². The maximum absolute atomic E-state index is 9.75. The Hall–Kier alpha value is -2.85.